The summed E-state index contributed by atoms with van der Waals surface area (Å²) in [5.74, 6) is -0.379. The third-order valence-corrected chi connectivity index (χ3v) is 6.13. The van der Waals surface area contributed by atoms with Gasteiger partial charge in [0.1, 0.15) is 5.82 Å². The number of halogens is 1. The Labute approximate surface area is 190 Å². The summed E-state index contributed by atoms with van der Waals surface area (Å²) in [7, 11) is 0. The molecule has 0 aliphatic rings. The maximum atomic E-state index is 12.9. The van der Waals surface area contributed by atoms with Gasteiger partial charge in [-0.1, -0.05) is 70.7 Å². The first-order valence-electron chi connectivity index (χ1n) is 9.38. The van der Waals surface area contributed by atoms with Crippen molar-refractivity contribution in [1.82, 2.24) is 20.7 Å². The van der Waals surface area contributed by atoms with Crippen LogP contribution in [0.15, 0.2) is 69.5 Å². The van der Waals surface area contributed by atoms with E-state index < -0.39 is 5.91 Å². The average molecular weight is 470 g/mol. The largest absolute Gasteiger partial charge is 0.355 e. The lowest BCUT2D eigenvalue weighted by molar-refractivity contribution is -0.118. The highest BCUT2D eigenvalue weighted by Crippen LogP contribution is 2.26. The van der Waals surface area contributed by atoms with Gasteiger partial charge in [0.2, 0.25) is 11.0 Å². The van der Waals surface area contributed by atoms with Gasteiger partial charge in [-0.15, -0.1) is 10.2 Å². The normalized spacial score (nSPS) is 10.7. The van der Waals surface area contributed by atoms with Gasteiger partial charge in [-0.3, -0.25) is 14.9 Å². The monoisotopic (exact) mass is 469 g/mol. The number of rotatable bonds is 8. The molecule has 32 heavy (non-hydrogen) atoms. The fourth-order valence-corrected chi connectivity index (χ4v) is 4.16. The molecule has 0 aliphatic carbocycles. The third kappa shape index (κ3) is 5.77. The zero-order valence-electron chi connectivity index (χ0n) is 16.4. The summed E-state index contributed by atoms with van der Waals surface area (Å²) in [6.45, 7) is 0.305. The van der Waals surface area contributed by atoms with Crippen LogP contribution >= 0.6 is 23.1 Å². The molecule has 0 saturated heterocycles. The molecule has 2 aromatic heterocycles. The summed E-state index contributed by atoms with van der Waals surface area (Å²) in [5, 5.41) is 17.3. The fourth-order valence-electron chi connectivity index (χ4n) is 2.58. The van der Waals surface area contributed by atoms with E-state index in [0.717, 1.165) is 22.5 Å². The van der Waals surface area contributed by atoms with Gasteiger partial charge in [-0.25, -0.2) is 4.39 Å². The van der Waals surface area contributed by atoms with Gasteiger partial charge in [-0.05, 0) is 17.7 Å². The zero-order valence-corrected chi connectivity index (χ0v) is 18.1. The van der Waals surface area contributed by atoms with Crippen molar-refractivity contribution in [2.45, 2.75) is 10.9 Å². The van der Waals surface area contributed by atoms with Gasteiger partial charge in [0.25, 0.3) is 5.91 Å². The number of carbonyl (C=O) groups is 2. The summed E-state index contributed by atoms with van der Waals surface area (Å²) in [6.07, 6.45) is 0. The van der Waals surface area contributed by atoms with Crippen LogP contribution in [0.5, 0.6) is 0 Å². The second-order valence-corrected chi connectivity index (χ2v) is 8.66. The van der Waals surface area contributed by atoms with Crippen molar-refractivity contribution in [2.75, 3.05) is 11.1 Å². The number of aromatic nitrogens is 3. The van der Waals surface area contributed by atoms with E-state index in [-0.39, 0.29) is 28.3 Å². The van der Waals surface area contributed by atoms with E-state index >= 15 is 0 Å². The van der Waals surface area contributed by atoms with Crippen molar-refractivity contribution in [3.8, 4) is 11.3 Å². The molecule has 4 rings (SSSR count). The topological polar surface area (TPSA) is 110 Å². The molecule has 2 amide bonds. The smallest absolute Gasteiger partial charge is 0.279 e. The molecule has 0 unspecified atom stereocenters. The Morgan fingerprint density at radius 3 is 2.62 bits per heavy atom. The first-order chi connectivity index (χ1) is 15.6. The van der Waals surface area contributed by atoms with Gasteiger partial charge < -0.3 is 9.84 Å². The first-order valence-corrected chi connectivity index (χ1v) is 11.2. The number of nitrogens with zero attached hydrogens (tertiary/aromatic N) is 3. The minimum atomic E-state index is -0.472. The van der Waals surface area contributed by atoms with Crippen LogP contribution in [-0.4, -0.2) is 32.9 Å². The summed E-state index contributed by atoms with van der Waals surface area (Å²) < 4.78 is 18.7. The van der Waals surface area contributed by atoms with Crippen LogP contribution in [-0.2, 0) is 11.3 Å². The summed E-state index contributed by atoms with van der Waals surface area (Å²) in [4.78, 5) is 24.4. The van der Waals surface area contributed by atoms with E-state index in [1.54, 1.807) is 18.2 Å². The average Bonchev–Trinajstić information content (AvgIpc) is 3.48. The van der Waals surface area contributed by atoms with Crippen molar-refractivity contribution in [2.24, 2.45) is 0 Å². The molecule has 0 radical (unpaired) electrons. The van der Waals surface area contributed by atoms with Crippen molar-refractivity contribution in [3.05, 3.63) is 77.7 Å². The van der Waals surface area contributed by atoms with Crippen LogP contribution in [0.25, 0.3) is 11.3 Å². The van der Waals surface area contributed by atoms with Crippen LogP contribution in [0, 0.1) is 5.82 Å². The lowest BCUT2D eigenvalue weighted by atomic mass is 10.1. The molecule has 8 nitrogen and oxygen atoms in total. The Morgan fingerprint density at radius 2 is 1.84 bits per heavy atom. The van der Waals surface area contributed by atoms with E-state index in [1.165, 1.54) is 23.9 Å². The molecule has 2 N–H and O–H groups in total. The zero-order chi connectivity index (χ0) is 22.3. The lowest BCUT2D eigenvalue weighted by Crippen LogP contribution is -2.24. The predicted molar refractivity (Wildman–Crippen MR) is 119 cm³/mol. The van der Waals surface area contributed by atoms with Crippen molar-refractivity contribution >= 4 is 40.0 Å². The SMILES string of the molecule is O=C(CSc1nnc(NC(=O)c2cc(-c3ccccc3)on2)s1)NCc1ccc(F)cc1. The minimum absolute atomic E-state index is 0.119. The Kier molecular flexibility index (Phi) is 6.87. The Bertz CT molecular complexity index is 1210. The van der Waals surface area contributed by atoms with Crippen molar-refractivity contribution < 1.29 is 18.5 Å². The Hall–Kier alpha value is -3.57. The van der Waals surface area contributed by atoms with Crippen LogP contribution in [0.4, 0.5) is 9.52 Å². The summed E-state index contributed by atoms with van der Waals surface area (Å²) >= 11 is 2.34. The van der Waals surface area contributed by atoms with E-state index in [1.807, 2.05) is 30.3 Å². The second kappa shape index (κ2) is 10.2. The van der Waals surface area contributed by atoms with Gasteiger partial charge in [0.15, 0.2) is 15.8 Å². The number of carbonyl (C=O) groups excluding carboxylic acids is 2. The number of hydrogen-bond donors (Lipinski definition) is 2. The third-order valence-electron chi connectivity index (χ3n) is 4.16. The number of anilines is 1. The van der Waals surface area contributed by atoms with Crippen LogP contribution in [0.1, 0.15) is 16.1 Å². The highest BCUT2D eigenvalue weighted by atomic mass is 32.2. The highest BCUT2D eigenvalue weighted by molar-refractivity contribution is 8.01. The van der Waals surface area contributed by atoms with Crippen molar-refractivity contribution in [3.63, 3.8) is 0 Å². The standard InChI is InChI=1S/C21H16FN5O3S2/c22-15-8-6-13(7-9-15)11-23-18(28)12-31-21-26-25-20(32-21)24-19(29)16-10-17(30-27-16)14-4-2-1-3-5-14/h1-10H,11-12H2,(H,23,28)(H,24,25,29). The molecule has 0 aliphatic heterocycles. The van der Waals surface area contributed by atoms with Crippen LogP contribution in [0.2, 0.25) is 0 Å². The van der Waals surface area contributed by atoms with Gasteiger partial charge in [0.05, 0.1) is 5.75 Å². The number of hydrogen-bond acceptors (Lipinski definition) is 8. The molecular formula is C21H16FN5O3S2. The van der Waals surface area contributed by atoms with E-state index in [4.69, 9.17) is 4.52 Å². The molecule has 11 heteroatoms. The van der Waals surface area contributed by atoms with Gasteiger partial charge >= 0.3 is 0 Å². The molecule has 0 bridgehead atoms. The number of thioether (sulfide) groups is 1. The lowest BCUT2D eigenvalue weighted by Gasteiger charge is -2.04. The summed E-state index contributed by atoms with van der Waals surface area (Å²) in [6, 6.07) is 16.8. The maximum absolute atomic E-state index is 12.9. The molecule has 162 valence electrons. The van der Waals surface area contributed by atoms with E-state index in [2.05, 4.69) is 26.0 Å². The van der Waals surface area contributed by atoms with Crippen LogP contribution < -0.4 is 10.6 Å². The van der Waals surface area contributed by atoms with E-state index in [9.17, 15) is 14.0 Å². The number of benzene rings is 2. The molecular weight excluding hydrogens is 453 g/mol. The molecule has 0 atom stereocenters. The Balaban J connectivity index is 1.25. The van der Waals surface area contributed by atoms with Gasteiger partial charge in [0, 0.05) is 18.2 Å². The van der Waals surface area contributed by atoms with E-state index in [0.29, 0.717) is 16.6 Å². The molecule has 2 aromatic carbocycles. The first kappa shape index (κ1) is 21.7. The van der Waals surface area contributed by atoms with Gasteiger partial charge in [-0.2, -0.15) is 0 Å². The molecule has 0 spiro atoms. The minimum Gasteiger partial charge on any atom is -0.355 e. The molecule has 2 heterocycles. The Morgan fingerprint density at radius 1 is 1.06 bits per heavy atom. The number of nitrogens with one attached hydrogen (secondary N) is 2. The highest BCUT2D eigenvalue weighted by Gasteiger charge is 2.16. The van der Waals surface area contributed by atoms with Crippen molar-refractivity contribution in [1.29, 1.82) is 0 Å². The molecule has 4 aromatic rings. The fraction of sp³-hybridized carbons (Fsp3) is 0.0952. The summed E-state index contributed by atoms with van der Waals surface area (Å²) in [5.41, 5.74) is 1.73. The number of amides is 2. The molecule has 0 fully saturated rings. The molecule has 0 saturated carbocycles. The quantitative estimate of drug-likeness (QED) is 0.297. The maximum Gasteiger partial charge on any atom is 0.279 e. The second-order valence-electron chi connectivity index (χ2n) is 6.46. The predicted octanol–water partition coefficient (Wildman–Crippen LogP) is 3.99. The van der Waals surface area contributed by atoms with Crippen LogP contribution in [0.3, 0.4) is 0 Å².